The molecule has 1 atom stereocenters. The molecule has 0 aliphatic rings. The van der Waals surface area contributed by atoms with Crippen LogP contribution in [0.1, 0.15) is 24.1 Å². The van der Waals surface area contributed by atoms with Gasteiger partial charge in [0.15, 0.2) is 0 Å². The van der Waals surface area contributed by atoms with Gasteiger partial charge in [-0.2, -0.15) is 0 Å². The van der Waals surface area contributed by atoms with Gasteiger partial charge in [0.1, 0.15) is 18.2 Å². The van der Waals surface area contributed by atoms with Gasteiger partial charge >= 0.3 is 0 Å². The van der Waals surface area contributed by atoms with Crippen LogP contribution in [0.25, 0.3) is 0 Å². The highest BCUT2D eigenvalue weighted by molar-refractivity contribution is 5.78. The summed E-state index contributed by atoms with van der Waals surface area (Å²) >= 11 is 0. The van der Waals surface area contributed by atoms with E-state index in [-0.39, 0.29) is 17.8 Å². The topological polar surface area (TPSA) is 50.4 Å². The highest BCUT2D eigenvalue weighted by atomic mass is 19.1. The molecule has 2 aromatic rings. The molecule has 23 heavy (non-hydrogen) atoms. The summed E-state index contributed by atoms with van der Waals surface area (Å²) in [5, 5.41) is 5.72. The summed E-state index contributed by atoms with van der Waals surface area (Å²) in [5.41, 5.74) is 1.91. The first-order valence-electron chi connectivity index (χ1n) is 7.49. The van der Waals surface area contributed by atoms with Gasteiger partial charge in [-0.15, -0.1) is 0 Å². The Morgan fingerprint density at radius 3 is 2.39 bits per heavy atom. The van der Waals surface area contributed by atoms with E-state index in [4.69, 9.17) is 4.74 Å². The van der Waals surface area contributed by atoms with Gasteiger partial charge in [-0.3, -0.25) is 4.79 Å². The molecule has 2 N–H and O–H groups in total. The Morgan fingerprint density at radius 1 is 1.13 bits per heavy atom. The van der Waals surface area contributed by atoms with Crippen molar-refractivity contribution in [2.24, 2.45) is 0 Å². The van der Waals surface area contributed by atoms with Crippen LogP contribution in [0.5, 0.6) is 5.75 Å². The van der Waals surface area contributed by atoms with E-state index in [0.717, 1.165) is 16.9 Å². The second-order valence-corrected chi connectivity index (χ2v) is 5.30. The first-order valence-corrected chi connectivity index (χ1v) is 7.49. The second kappa shape index (κ2) is 8.29. The van der Waals surface area contributed by atoms with E-state index in [9.17, 15) is 9.18 Å². The first kappa shape index (κ1) is 17.0. The Labute approximate surface area is 135 Å². The highest BCUT2D eigenvalue weighted by Crippen LogP contribution is 2.18. The normalized spacial score (nSPS) is 11.8. The average Bonchev–Trinajstić information content (AvgIpc) is 2.55. The molecule has 0 fully saturated rings. The Kier molecular flexibility index (Phi) is 6.11. The Morgan fingerprint density at radius 2 is 1.78 bits per heavy atom. The third-order valence-corrected chi connectivity index (χ3v) is 3.41. The number of ether oxygens (including phenoxy) is 1. The summed E-state index contributed by atoms with van der Waals surface area (Å²) < 4.78 is 18.5. The van der Waals surface area contributed by atoms with Crippen molar-refractivity contribution in [2.45, 2.75) is 19.6 Å². The molecule has 0 spiro atoms. The molecule has 5 heteroatoms. The maximum Gasteiger partial charge on any atom is 0.234 e. The minimum Gasteiger partial charge on any atom is -0.489 e. The number of amides is 1. The molecule has 0 bridgehead atoms. The number of carbonyl (C=O) groups is 1. The zero-order valence-corrected chi connectivity index (χ0v) is 13.3. The van der Waals surface area contributed by atoms with Crippen LogP contribution in [0.3, 0.4) is 0 Å². The molecule has 0 saturated carbocycles. The summed E-state index contributed by atoms with van der Waals surface area (Å²) in [4.78, 5) is 11.6. The van der Waals surface area contributed by atoms with Gasteiger partial charge in [0, 0.05) is 0 Å². The number of likely N-dealkylation sites (N-methyl/N-ethyl adjacent to an activating group) is 1. The van der Waals surface area contributed by atoms with Crippen LogP contribution in [-0.2, 0) is 11.4 Å². The lowest BCUT2D eigenvalue weighted by molar-refractivity contribution is -0.120. The van der Waals surface area contributed by atoms with Crippen molar-refractivity contribution >= 4 is 5.91 Å². The molecule has 2 aromatic carbocycles. The van der Waals surface area contributed by atoms with Gasteiger partial charge in [0.2, 0.25) is 5.91 Å². The van der Waals surface area contributed by atoms with Crippen molar-refractivity contribution in [1.29, 1.82) is 0 Å². The molecule has 0 heterocycles. The number of hydrogen-bond acceptors (Lipinski definition) is 3. The van der Waals surface area contributed by atoms with E-state index in [0.29, 0.717) is 13.2 Å². The summed E-state index contributed by atoms with van der Waals surface area (Å²) in [7, 11) is 1.73. The van der Waals surface area contributed by atoms with Crippen molar-refractivity contribution in [1.82, 2.24) is 10.6 Å². The average molecular weight is 316 g/mol. The van der Waals surface area contributed by atoms with Gasteiger partial charge in [-0.25, -0.2) is 4.39 Å². The number of rotatable bonds is 7. The number of hydrogen-bond donors (Lipinski definition) is 2. The highest BCUT2D eigenvalue weighted by Gasteiger charge is 2.08. The molecule has 2 rings (SSSR count). The molecule has 0 radical (unpaired) electrons. The minimum absolute atomic E-state index is 0.0448. The number of benzene rings is 2. The van der Waals surface area contributed by atoms with Crippen molar-refractivity contribution in [3.63, 3.8) is 0 Å². The van der Waals surface area contributed by atoms with Crippen molar-refractivity contribution in [3.8, 4) is 5.75 Å². The van der Waals surface area contributed by atoms with Crippen LogP contribution < -0.4 is 15.4 Å². The smallest absolute Gasteiger partial charge is 0.234 e. The third-order valence-electron chi connectivity index (χ3n) is 3.41. The van der Waals surface area contributed by atoms with E-state index in [1.54, 1.807) is 19.2 Å². The van der Waals surface area contributed by atoms with Gasteiger partial charge in [0.05, 0.1) is 12.6 Å². The molecule has 0 aliphatic carbocycles. The van der Waals surface area contributed by atoms with Crippen LogP contribution in [-0.4, -0.2) is 19.5 Å². The van der Waals surface area contributed by atoms with Crippen LogP contribution in [0.2, 0.25) is 0 Å². The number of nitrogens with one attached hydrogen (secondary N) is 2. The van der Waals surface area contributed by atoms with Gasteiger partial charge < -0.3 is 15.4 Å². The molecular weight excluding hydrogens is 295 g/mol. The second-order valence-electron chi connectivity index (χ2n) is 5.30. The van der Waals surface area contributed by atoms with Crippen LogP contribution in [0, 0.1) is 5.82 Å². The third kappa shape index (κ3) is 5.38. The predicted octanol–water partition coefficient (Wildman–Crippen LogP) is 2.80. The molecule has 1 amide bonds. The lowest BCUT2D eigenvalue weighted by Crippen LogP contribution is -2.33. The predicted molar refractivity (Wildman–Crippen MR) is 87.7 cm³/mol. The largest absolute Gasteiger partial charge is 0.489 e. The number of carbonyl (C=O) groups excluding carboxylic acids is 1. The van der Waals surface area contributed by atoms with Crippen molar-refractivity contribution < 1.29 is 13.9 Å². The van der Waals surface area contributed by atoms with Crippen molar-refractivity contribution in [2.75, 3.05) is 13.6 Å². The lowest BCUT2D eigenvalue weighted by atomic mass is 10.1. The summed E-state index contributed by atoms with van der Waals surface area (Å²) in [6.07, 6.45) is 0. The Hall–Kier alpha value is -2.40. The minimum atomic E-state index is -0.257. The number of halogens is 1. The maximum absolute atomic E-state index is 12.8. The lowest BCUT2D eigenvalue weighted by Gasteiger charge is -2.15. The van der Waals surface area contributed by atoms with Crippen LogP contribution in [0.15, 0.2) is 48.5 Å². The quantitative estimate of drug-likeness (QED) is 0.826. The zero-order valence-electron chi connectivity index (χ0n) is 13.3. The molecule has 0 saturated heterocycles. The summed E-state index contributed by atoms with van der Waals surface area (Å²) in [6, 6.07) is 13.7. The van der Waals surface area contributed by atoms with Crippen LogP contribution in [0.4, 0.5) is 4.39 Å². The fourth-order valence-corrected chi connectivity index (χ4v) is 2.14. The van der Waals surface area contributed by atoms with Gasteiger partial charge in [-0.1, -0.05) is 24.3 Å². The Bertz CT molecular complexity index is 626. The van der Waals surface area contributed by atoms with E-state index in [2.05, 4.69) is 10.6 Å². The fraction of sp³-hybridized carbons (Fsp3) is 0.278. The summed E-state index contributed by atoms with van der Waals surface area (Å²) in [6.45, 7) is 2.61. The van der Waals surface area contributed by atoms with Crippen molar-refractivity contribution in [3.05, 3.63) is 65.5 Å². The Balaban J connectivity index is 1.88. The standard InChI is InChI=1S/C18H21FN2O2/c1-13(21-18(22)11-20-2)15-5-9-17(10-6-15)23-12-14-3-7-16(19)8-4-14/h3-10,13,20H,11-12H2,1-2H3,(H,21,22). The molecule has 0 aromatic heterocycles. The molecule has 0 aliphatic heterocycles. The van der Waals surface area contributed by atoms with E-state index in [1.165, 1.54) is 12.1 Å². The van der Waals surface area contributed by atoms with Gasteiger partial charge in [-0.05, 0) is 49.4 Å². The molecule has 4 nitrogen and oxygen atoms in total. The molecule has 1 unspecified atom stereocenters. The van der Waals surface area contributed by atoms with E-state index >= 15 is 0 Å². The van der Waals surface area contributed by atoms with Crippen LogP contribution >= 0.6 is 0 Å². The molecular formula is C18H21FN2O2. The zero-order chi connectivity index (χ0) is 16.7. The van der Waals surface area contributed by atoms with E-state index in [1.807, 2.05) is 31.2 Å². The van der Waals surface area contributed by atoms with Gasteiger partial charge in [0.25, 0.3) is 0 Å². The fourth-order valence-electron chi connectivity index (χ4n) is 2.14. The summed E-state index contributed by atoms with van der Waals surface area (Å²) in [5.74, 6) is 0.427. The molecule has 122 valence electrons. The maximum atomic E-state index is 12.8. The van der Waals surface area contributed by atoms with E-state index < -0.39 is 0 Å². The monoisotopic (exact) mass is 316 g/mol. The SMILES string of the molecule is CNCC(=O)NC(C)c1ccc(OCc2ccc(F)cc2)cc1. The first-order chi connectivity index (χ1) is 11.1.